The summed E-state index contributed by atoms with van der Waals surface area (Å²) < 4.78 is 29.3. The number of piperazine rings is 1. The molecule has 134 valence electrons. The van der Waals surface area contributed by atoms with Gasteiger partial charge in [-0.05, 0) is 26.8 Å². The third-order valence-corrected chi connectivity index (χ3v) is 6.99. The lowest BCUT2D eigenvalue weighted by atomic mass is 10.0. The molecule has 0 saturated carbocycles. The van der Waals surface area contributed by atoms with E-state index < -0.39 is 9.84 Å². The first-order chi connectivity index (χ1) is 11.3. The van der Waals surface area contributed by atoms with Gasteiger partial charge in [-0.3, -0.25) is 9.69 Å². The first-order valence-electron chi connectivity index (χ1n) is 8.48. The van der Waals surface area contributed by atoms with Crippen molar-refractivity contribution < 1.29 is 17.7 Å². The Morgan fingerprint density at radius 3 is 2.58 bits per heavy atom. The van der Waals surface area contributed by atoms with Crippen LogP contribution in [0, 0.1) is 13.8 Å². The first-order valence-corrected chi connectivity index (χ1v) is 10.3. The Morgan fingerprint density at radius 2 is 1.96 bits per heavy atom. The van der Waals surface area contributed by atoms with Crippen LogP contribution in [-0.4, -0.2) is 72.5 Å². The van der Waals surface area contributed by atoms with Gasteiger partial charge >= 0.3 is 0 Å². The first kappa shape index (κ1) is 17.4. The van der Waals surface area contributed by atoms with Crippen LogP contribution in [0.3, 0.4) is 0 Å². The third-order valence-electron chi connectivity index (χ3n) is 5.29. The molecule has 0 aromatic carbocycles. The second-order valence-corrected chi connectivity index (χ2v) is 8.88. The summed E-state index contributed by atoms with van der Waals surface area (Å²) in [7, 11) is -3.07. The normalized spacial score (nSPS) is 26.5. The molecule has 2 atom stereocenters. The molecular formula is C16H25N3O4S. The van der Waals surface area contributed by atoms with Crippen LogP contribution < -0.4 is 0 Å². The van der Waals surface area contributed by atoms with Gasteiger partial charge in [0.15, 0.2) is 9.84 Å². The lowest BCUT2D eigenvalue weighted by Gasteiger charge is -2.43. The van der Waals surface area contributed by atoms with Crippen molar-refractivity contribution in [3.63, 3.8) is 0 Å². The molecule has 0 unspecified atom stereocenters. The molecule has 1 amide bonds. The highest BCUT2D eigenvalue weighted by atomic mass is 32.2. The van der Waals surface area contributed by atoms with Gasteiger partial charge in [0, 0.05) is 31.1 Å². The van der Waals surface area contributed by atoms with E-state index in [2.05, 4.69) is 10.1 Å². The van der Waals surface area contributed by atoms with Gasteiger partial charge in [0.2, 0.25) is 5.91 Å². The zero-order valence-electron chi connectivity index (χ0n) is 14.5. The van der Waals surface area contributed by atoms with E-state index in [-0.39, 0.29) is 29.5 Å². The van der Waals surface area contributed by atoms with Gasteiger partial charge in [-0.25, -0.2) is 8.42 Å². The van der Waals surface area contributed by atoms with E-state index in [0.29, 0.717) is 19.4 Å². The van der Waals surface area contributed by atoms with E-state index in [0.717, 1.165) is 30.1 Å². The predicted octanol–water partition coefficient (Wildman–Crippen LogP) is 0.554. The predicted molar refractivity (Wildman–Crippen MR) is 89.5 cm³/mol. The van der Waals surface area contributed by atoms with Crippen LogP contribution in [0.25, 0.3) is 0 Å². The van der Waals surface area contributed by atoms with Crippen molar-refractivity contribution in [2.75, 3.05) is 31.1 Å². The molecule has 0 aliphatic carbocycles. The Hall–Kier alpha value is -1.41. The maximum absolute atomic E-state index is 12.7. The molecule has 0 N–H and O–H groups in total. The van der Waals surface area contributed by atoms with Crippen molar-refractivity contribution in [3.8, 4) is 0 Å². The van der Waals surface area contributed by atoms with Gasteiger partial charge in [-0.1, -0.05) is 12.1 Å². The molecule has 7 nitrogen and oxygen atoms in total. The van der Waals surface area contributed by atoms with Crippen molar-refractivity contribution in [3.05, 3.63) is 17.0 Å². The summed E-state index contributed by atoms with van der Waals surface area (Å²) >= 11 is 0. The van der Waals surface area contributed by atoms with E-state index >= 15 is 0 Å². The largest absolute Gasteiger partial charge is 0.361 e. The fourth-order valence-corrected chi connectivity index (χ4v) is 5.97. The summed E-state index contributed by atoms with van der Waals surface area (Å²) in [6, 6.07) is -0.266. The number of aromatic nitrogens is 1. The second kappa shape index (κ2) is 6.48. The molecule has 0 spiro atoms. The van der Waals surface area contributed by atoms with Crippen LogP contribution >= 0.6 is 0 Å². The topological polar surface area (TPSA) is 83.7 Å². The molecule has 24 heavy (non-hydrogen) atoms. The van der Waals surface area contributed by atoms with Gasteiger partial charge in [-0.2, -0.15) is 0 Å². The van der Waals surface area contributed by atoms with Crippen LogP contribution in [0.1, 0.15) is 30.4 Å². The Balaban J connectivity index is 1.71. The lowest BCUT2D eigenvalue weighted by molar-refractivity contribution is -0.136. The van der Waals surface area contributed by atoms with Crippen LogP contribution in [0.15, 0.2) is 4.52 Å². The summed E-state index contributed by atoms with van der Waals surface area (Å²) in [5.41, 5.74) is 1.79. The van der Waals surface area contributed by atoms with E-state index in [1.807, 2.05) is 20.8 Å². The minimum absolute atomic E-state index is 0.0258. The Morgan fingerprint density at radius 1 is 1.25 bits per heavy atom. The number of nitrogens with zero attached hydrogens (tertiary/aromatic N) is 3. The van der Waals surface area contributed by atoms with Gasteiger partial charge in [0.25, 0.3) is 0 Å². The quantitative estimate of drug-likeness (QED) is 0.784. The molecule has 8 heteroatoms. The number of rotatable bonds is 4. The maximum Gasteiger partial charge on any atom is 0.223 e. The van der Waals surface area contributed by atoms with Crippen LogP contribution in [0.2, 0.25) is 0 Å². The van der Waals surface area contributed by atoms with Crippen molar-refractivity contribution in [2.24, 2.45) is 0 Å². The molecule has 2 aliphatic heterocycles. The van der Waals surface area contributed by atoms with Crippen LogP contribution in [0.5, 0.6) is 0 Å². The lowest BCUT2D eigenvalue weighted by Crippen LogP contribution is -2.60. The number of likely N-dealkylation sites (N-methyl/N-ethyl adjacent to an activating group) is 1. The SMILES string of the molecule is CCN1CCN(C(=O)CCc2c(C)noc2C)[C@@H]2CS(=O)(=O)C[C@@H]21. The fourth-order valence-electron chi connectivity index (χ4n) is 3.96. The van der Waals surface area contributed by atoms with Gasteiger partial charge < -0.3 is 9.42 Å². The van der Waals surface area contributed by atoms with Crippen LogP contribution in [0.4, 0.5) is 0 Å². The molecular weight excluding hydrogens is 330 g/mol. The molecule has 1 aromatic rings. The fraction of sp³-hybridized carbons (Fsp3) is 0.750. The summed E-state index contributed by atoms with van der Waals surface area (Å²) in [5.74, 6) is 1.03. The highest BCUT2D eigenvalue weighted by Crippen LogP contribution is 2.27. The maximum atomic E-state index is 12.7. The Kier molecular flexibility index (Phi) is 4.70. The number of carbonyl (C=O) groups is 1. The third kappa shape index (κ3) is 3.21. The number of carbonyl (C=O) groups excluding carboxylic acids is 1. The highest BCUT2D eigenvalue weighted by Gasteiger charge is 2.47. The Labute approximate surface area is 142 Å². The van der Waals surface area contributed by atoms with Crippen molar-refractivity contribution >= 4 is 15.7 Å². The van der Waals surface area contributed by atoms with Gasteiger partial charge in [0.1, 0.15) is 5.76 Å². The van der Waals surface area contributed by atoms with E-state index in [1.165, 1.54) is 0 Å². The summed E-state index contributed by atoms with van der Waals surface area (Å²) in [6.45, 7) is 7.92. The number of sulfone groups is 1. The minimum Gasteiger partial charge on any atom is -0.361 e. The Bertz CT molecular complexity index is 708. The van der Waals surface area contributed by atoms with Crippen LogP contribution in [-0.2, 0) is 21.1 Å². The molecule has 1 aromatic heterocycles. The number of fused-ring (bicyclic) bond motifs is 1. The molecule has 0 radical (unpaired) electrons. The van der Waals surface area contributed by atoms with Gasteiger partial charge in [0.05, 0.1) is 23.2 Å². The monoisotopic (exact) mass is 355 g/mol. The highest BCUT2D eigenvalue weighted by molar-refractivity contribution is 7.91. The van der Waals surface area contributed by atoms with Crippen molar-refractivity contribution in [1.82, 2.24) is 15.0 Å². The van der Waals surface area contributed by atoms with E-state index in [1.54, 1.807) is 4.90 Å². The minimum atomic E-state index is -3.07. The number of aryl methyl sites for hydroxylation is 2. The van der Waals surface area contributed by atoms with Gasteiger partial charge in [-0.15, -0.1) is 0 Å². The summed E-state index contributed by atoms with van der Waals surface area (Å²) in [5, 5.41) is 3.91. The molecule has 2 saturated heterocycles. The van der Waals surface area contributed by atoms with E-state index in [9.17, 15) is 13.2 Å². The zero-order valence-corrected chi connectivity index (χ0v) is 15.3. The molecule has 3 rings (SSSR count). The van der Waals surface area contributed by atoms with Crippen molar-refractivity contribution in [1.29, 1.82) is 0 Å². The summed E-state index contributed by atoms with van der Waals surface area (Å²) in [4.78, 5) is 16.7. The zero-order chi connectivity index (χ0) is 17.5. The van der Waals surface area contributed by atoms with E-state index in [4.69, 9.17) is 4.52 Å². The average Bonchev–Trinajstić information content (AvgIpc) is 3.02. The molecule has 2 fully saturated rings. The molecule has 2 aliphatic rings. The summed E-state index contributed by atoms with van der Waals surface area (Å²) in [6.07, 6.45) is 0.941. The molecule has 3 heterocycles. The number of hydrogen-bond acceptors (Lipinski definition) is 6. The second-order valence-electron chi connectivity index (χ2n) is 6.73. The number of amides is 1. The van der Waals surface area contributed by atoms with Crippen molar-refractivity contribution in [2.45, 2.75) is 45.7 Å². The average molecular weight is 355 g/mol. The molecule has 0 bridgehead atoms. The smallest absolute Gasteiger partial charge is 0.223 e. The number of hydrogen-bond donors (Lipinski definition) is 0. The standard InChI is InChI=1S/C16H25N3O4S/c1-4-18-7-8-19(15-10-24(21,22)9-14(15)18)16(20)6-5-13-11(2)17-23-12(13)3/h14-15H,4-10H2,1-3H3/t14-,15+/m0/s1.